The minimum Gasteiger partial charge on any atom is -0.489 e. The average Bonchev–Trinajstić information content (AvgIpc) is 3.65. The predicted octanol–water partition coefficient (Wildman–Crippen LogP) is 4.73. The van der Waals surface area contributed by atoms with E-state index in [-0.39, 0.29) is 46.8 Å². The first kappa shape index (κ1) is 31.1. The summed E-state index contributed by atoms with van der Waals surface area (Å²) in [5.74, 6) is -4.27. The molecular formula is C28H28F4N4O7. The fourth-order valence-corrected chi connectivity index (χ4v) is 4.03. The third kappa shape index (κ3) is 7.72. The molecular weight excluding hydrogens is 580 g/mol. The molecule has 4 rings (SSSR count). The van der Waals surface area contributed by atoms with Gasteiger partial charge < -0.3 is 34.6 Å². The summed E-state index contributed by atoms with van der Waals surface area (Å²) >= 11 is 0. The van der Waals surface area contributed by atoms with Crippen molar-refractivity contribution in [3.8, 4) is 23.0 Å². The highest BCUT2D eigenvalue weighted by Crippen LogP contribution is 2.37. The highest BCUT2D eigenvalue weighted by molar-refractivity contribution is 5.97. The molecule has 0 radical (unpaired) electrons. The van der Waals surface area contributed by atoms with Crippen LogP contribution in [-0.2, 0) is 9.53 Å². The normalized spacial score (nSPS) is 14.1. The van der Waals surface area contributed by atoms with Crippen molar-refractivity contribution in [1.29, 1.82) is 0 Å². The van der Waals surface area contributed by atoms with Crippen LogP contribution in [0.15, 0.2) is 40.8 Å². The number of likely N-dealkylation sites (N-methyl/N-ethyl adjacent to an activating group) is 1. The summed E-state index contributed by atoms with van der Waals surface area (Å²) in [6.45, 7) is -1.52. The molecule has 0 aliphatic heterocycles. The van der Waals surface area contributed by atoms with Crippen molar-refractivity contribution in [2.24, 2.45) is 11.7 Å². The fourth-order valence-electron chi connectivity index (χ4n) is 4.03. The van der Waals surface area contributed by atoms with Gasteiger partial charge >= 0.3 is 12.7 Å². The summed E-state index contributed by atoms with van der Waals surface area (Å²) in [5.41, 5.74) is 4.52. The molecule has 3 amide bonds. The Balaban J connectivity index is 1.73. The number of primary amides is 1. The second kappa shape index (κ2) is 13.0. The zero-order valence-electron chi connectivity index (χ0n) is 23.2. The molecule has 11 nitrogen and oxygen atoms in total. The van der Waals surface area contributed by atoms with Crippen LogP contribution in [0.5, 0.6) is 11.5 Å². The lowest BCUT2D eigenvalue weighted by molar-refractivity contribution is -0.130. The molecule has 2 aromatic carbocycles. The Morgan fingerprint density at radius 2 is 1.84 bits per heavy atom. The van der Waals surface area contributed by atoms with Gasteiger partial charge in [0.2, 0.25) is 11.8 Å². The minimum atomic E-state index is -3.12. The first-order valence-electron chi connectivity index (χ1n) is 13.0. The first-order valence-corrected chi connectivity index (χ1v) is 13.0. The van der Waals surface area contributed by atoms with E-state index in [1.165, 1.54) is 39.2 Å². The number of ether oxygens (including phenoxy) is 3. The summed E-state index contributed by atoms with van der Waals surface area (Å²) in [4.78, 5) is 43.2. The van der Waals surface area contributed by atoms with Crippen LogP contribution in [0.4, 0.5) is 22.4 Å². The quantitative estimate of drug-likeness (QED) is 0.281. The van der Waals surface area contributed by atoms with Crippen molar-refractivity contribution in [2.45, 2.75) is 38.5 Å². The van der Waals surface area contributed by atoms with Gasteiger partial charge in [-0.25, -0.2) is 18.6 Å². The second-order valence-electron chi connectivity index (χ2n) is 9.91. The van der Waals surface area contributed by atoms with Crippen LogP contribution in [0.2, 0.25) is 0 Å². The number of nitrogens with one attached hydrogen (secondary N) is 1. The molecule has 1 fully saturated rings. The van der Waals surface area contributed by atoms with Crippen molar-refractivity contribution in [1.82, 2.24) is 15.2 Å². The molecule has 1 aliphatic carbocycles. The molecule has 1 aromatic heterocycles. The Hall–Kier alpha value is -4.82. The number of oxazole rings is 1. The van der Waals surface area contributed by atoms with Crippen molar-refractivity contribution < 1.29 is 50.6 Å². The topological polar surface area (TPSA) is 146 Å². The molecule has 15 heteroatoms. The number of nitrogens with zero attached hydrogens (tertiary/aromatic N) is 2. The van der Waals surface area contributed by atoms with Crippen LogP contribution < -0.4 is 20.5 Å². The number of rotatable bonds is 12. The molecule has 0 saturated heterocycles. The van der Waals surface area contributed by atoms with Gasteiger partial charge in [0.05, 0.1) is 6.61 Å². The molecule has 1 heterocycles. The monoisotopic (exact) mass is 608 g/mol. The predicted molar refractivity (Wildman–Crippen MR) is 141 cm³/mol. The zero-order valence-corrected chi connectivity index (χ0v) is 23.2. The van der Waals surface area contributed by atoms with Gasteiger partial charge in [-0.1, -0.05) is 6.07 Å². The van der Waals surface area contributed by atoms with E-state index in [1.54, 1.807) is 0 Å². The van der Waals surface area contributed by atoms with Crippen LogP contribution in [-0.4, -0.2) is 55.1 Å². The van der Waals surface area contributed by atoms with Gasteiger partial charge in [-0.2, -0.15) is 8.78 Å². The molecule has 0 bridgehead atoms. The molecule has 2 atom stereocenters. The summed E-state index contributed by atoms with van der Waals surface area (Å²) < 4.78 is 75.2. The van der Waals surface area contributed by atoms with Gasteiger partial charge in [0.1, 0.15) is 17.7 Å². The number of amides is 3. The summed E-state index contributed by atoms with van der Waals surface area (Å²) in [7, 11) is 2.74. The van der Waals surface area contributed by atoms with Crippen molar-refractivity contribution in [3.05, 3.63) is 65.1 Å². The lowest BCUT2D eigenvalue weighted by Crippen LogP contribution is -2.40. The van der Waals surface area contributed by atoms with E-state index < -0.39 is 54.0 Å². The van der Waals surface area contributed by atoms with Crippen LogP contribution in [0.3, 0.4) is 0 Å². The third-order valence-electron chi connectivity index (χ3n) is 6.35. The number of benzene rings is 2. The Kier molecular flexibility index (Phi) is 9.41. The maximum Gasteiger partial charge on any atom is 0.405 e. The van der Waals surface area contributed by atoms with E-state index in [1.807, 2.05) is 0 Å². The van der Waals surface area contributed by atoms with Crippen molar-refractivity contribution in [2.75, 3.05) is 20.7 Å². The van der Waals surface area contributed by atoms with Crippen LogP contribution >= 0.6 is 0 Å². The van der Waals surface area contributed by atoms with Gasteiger partial charge in [0, 0.05) is 31.3 Å². The van der Waals surface area contributed by atoms with E-state index in [0.717, 1.165) is 29.9 Å². The second-order valence-corrected chi connectivity index (χ2v) is 9.91. The SMILES string of the molecule is CC(OC(N)=O)c1oc(-c2ccc(OC(F)F)c(OCC3CC3)c2)nc1C(=O)NC(C(=O)N(C)C)c1ccc(F)cc1F. The van der Waals surface area contributed by atoms with E-state index in [9.17, 15) is 31.9 Å². The molecule has 2 unspecified atom stereocenters. The summed E-state index contributed by atoms with van der Waals surface area (Å²) in [6.07, 6.45) is -0.598. The Bertz CT molecular complexity index is 1510. The largest absolute Gasteiger partial charge is 0.489 e. The number of alkyl halides is 2. The molecule has 1 aliphatic rings. The average molecular weight is 609 g/mol. The minimum absolute atomic E-state index is 0.0275. The number of carbonyl (C=O) groups excluding carboxylic acids is 3. The van der Waals surface area contributed by atoms with E-state index in [4.69, 9.17) is 19.6 Å². The lowest BCUT2D eigenvalue weighted by Gasteiger charge is -2.22. The zero-order chi connectivity index (χ0) is 31.4. The number of hydrogen-bond donors (Lipinski definition) is 2. The van der Waals surface area contributed by atoms with E-state index in [2.05, 4.69) is 15.0 Å². The Morgan fingerprint density at radius 1 is 1.12 bits per heavy atom. The standard InChI is InChI=1S/C28H28F4N4O7/c1-13(41-28(33)39)23-22(24(37)34-21(26(38)36(2)3)17-8-7-16(29)11-18(17)30)35-25(43-23)15-6-9-19(42-27(31)32)20(10-15)40-12-14-4-5-14/h6-11,13-14,21,27H,4-5,12H2,1-3H3,(H2,33,39)(H,34,37). The number of halogens is 4. The van der Waals surface area contributed by atoms with Crippen LogP contribution in [0.25, 0.3) is 11.5 Å². The van der Waals surface area contributed by atoms with Gasteiger partial charge in [0.25, 0.3) is 5.91 Å². The number of hydrogen-bond acceptors (Lipinski definition) is 8. The van der Waals surface area contributed by atoms with Gasteiger partial charge in [0.15, 0.2) is 29.1 Å². The highest BCUT2D eigenvalue weighted by Gasteiger charge is 2.33. The smallest absolute Gasteiger partial charge is 0.405 e. The van der Waals surface area contributed by atoms with E-state index in [0.29, 0.717) is 6.07 Å². The first-order chi connectivity index (χ1) is 20.3. The molecule has 0 spiro atoms. The van der Waals surface area contributed by atoms with Gasteiger partial charge in [-0.05, 0) is 49.9 Å². The summed E-state index contributed by atoms with van der Waals surface area (Å²) in [5, 5.41) is 2.37. The van der Waals surface area contributed by atoms with Gasteiger partial charge in [-0.3, -0.25) is 9.59 Å². The maximum absolute atomic E-state index is 14.7. The fraction of sp³-hybridized carbons (Fsp3) is 0.357. The Labute approximate surface area is 242 Å². The van der Waals surface area contributed by atoms with Gasteiger partial charge in [-0.15, -0.1) is 0 Å². The number of carbonyl (C=O) groups is 3. The number of aromatic nitrogens is 1. The molecule has 43 heavy (non-hydrogen) atoms. The van der Waals surface area contributed by atoms with Crippen LogP contribution in [0.1, 0.15) is 53.7 Å². The maximum atomic E-state index is 14.7. The molecule has 3 N–H and O–H groups in total. The molecule has 3 aromatic rings. The van der Waals surface area contributed by atoms with Crippen molar-refractivity contribution >= 4 is 17.9 Å². The third-order valence-corrected chi connectivity index (χ3v) is 6.35. The molecule has 1 saturated carbocycles. The van der Waals surface area contributed by atoms with Crippen LogP contribution in [0, 0.1) is 17.6 Å². The lowest BCUT2D eigenvalue weighted by atomic mass is 10.0. The van der Waals surface area contributed by atoms with Crippen molar-refractivity contribution in [3.63, 3.8) is 0 Å². The summed E-state index contributed by atoms with van der Waals surface area (Å²) in [6, 6.07) is 4.74. The van der Waals surface area contributed by atoms with E-state index >= 15 is 0 Å². The molecule has 230 valence electrons. The Morgan fingerprint density at radius 3 is 2.44 bits per heavy atom. The highest BCUT2D eigenvalue weighted by atomic mass is 19.3. The number of nitrogens with two attached hydrogens (primary N) is 1.